The zero-order valence-electron chi connectivity index (χ0n) is 14.9. The van der Waals surface area contributed by atoms with Gasteiger partial charge >= 0.3 is 0 Å². The second-order valence-corrected chi connectivity index (χ2v) is 8.25. The van der Waals surface area contributed by atoms with Crippen LogP contribution in [-0.4, -0.2) is 44.9 Å². The molecule has 0 radical (unpaired) electrons. The average Bonchev–Trinajstić information content (AvgIpc) is 2.69. The minimum absolute atomic E-state index is 0.0680. The molecule has 0 saturated carbocycles. The lowest BCUT2D eigenvalue weighted by molar-refractivity contribution is 0.0730. The van der Waals surface area contributed by atoms with E-state index in [0.29, 0.717) is 24.3 Å². The Kier molecular flexibility index (Phi) is 5.88. The van der Waals surface area contributed by atoms with Crippen molar-refractivity contribution in [2.45, 2.75) is 18.4 Å². The molecular weight excluding hydrogens is 371 g/mol. The molecule has 144 valence electrons. The molecule has 27 heavy (non-hydrogen) atoms. The molecule has 1 fully saturated rings. The van der Waals surface area contributed by atoms with Crippen molar-refractivity contribution >= 4 is 15.9 Å². The van der Waals surface area contributed by atoms with Gasteiger partial charge in [0.05, 0.1) is 18.1 Å². The van der Waals surface area contributed by atoms with Crippen molar-refractivity contribution in [1.82, 2.24) is 9.62 Å². The summed E-state index contributed by atoms with van der Waals surface area (Å²) in [6, 6.07) is 10.7. The number of amides is 1. The van der Waals surface area contributed by atoms with Gasteiger partial charge in [0.2, 0.25) is 10.0 Å². The van der Waals surface area contributed by atoms with E-state index >= 15 is 0 Å². The van der Waals surface area contributed by atoms with Crippen LogP contribution in [0.1, 0.15) is 21.5 Å². The van der Waals surface area contributed by atoms with E-state index in [1.165, 1.54) is 28.6 Å². The Balaban J connectivity index is 1.72. The molecule has 1 saturated heterocycles. The van der Waals surface area contributed by atoms with E-state index in [1.807, 2.05) is 0 Å². The van der Waals surface area contributed by atoms with Gasteiger partial charge in [0.1, 0.15) is 5.82 Å². The highest BCUT2D eigenvalue weighted by Crippen LogP contribution is 2.18. The quantitative estimate of drug-likeness (QED) is 0.845. The van der Waals surface area contributed by atoms with Crippen LogP contribution >= 0.6 is 0 Å². The van der Waals surface area contributed by atoms with Gasteiger partial charge in [0.25, 0.3) is 5.91 Å². The first-order valence-corrected chi connectivity index (χ1v) is 10.0. The molecule has 1 aliphatic heterocycles. The number of hydrogen-bond acceptors (Lipinski definition) is 4. The average molecular weight is 392 g/mol. The number of benzene rings is 2. The molecule has 8 heteroatoms. The van der Waals surface area contributed by atoms with Crippen LogP contribution in [0.5, 0.6) is 0 Å². The third-order valence-electron chi connectivity index (χ3n) is 4.39. The number of sulfonamides is 1. The summed E-state index contributed by atoms with van der Waals surface area (Å²) in [5, 5.41) is 2.69. The van der Waals surface area contributed by atoms with Gasteiger partial charge in [-0.3, -0.25) is 4.79 Å². The van der Waals surface area contributed by atoms with Crippen LogP contribution in [0, 0.1) is 12.7 Å². The smallest absolute Gasteiger partial charge is 0.251 e. The van der Waals surface area contributed by atoms with Crippen molar-refractivity contribution in [3.05, 3.63) is 65.0 Å². The molecule has 2 aromatic rings. The van der Waals surface area contributed by atoms with E-state index in [0.717, 1.165) is 0 Å². The highest BCUT2D eigenvalue weighted by atomic mass is 32.2. The Labute approximate surface area is 158 Å². The highest BCUT2D eigenvalue weighted by Gasteiger charge is 2.26. The van der Waals surface area contributed by atoms with Crippen molar-refractivity contribution in [2.24, 2.45) is 0 Å². The standard InChI is InChI=1S/C19H21FN2O4S/c1-14-5-6-15(11-18(14)20)13-21-19(23)16-3-2-4-17(12-16)27(24,25)22-7-9-26-10-8-22/h2-6,11-12H,7-10,13H2,1H3,(H,21,23). The Morgan fingerprint density at radius 2 is 1.93 bits per heavy atom. The summed E-state index contributed by atoms with van der Waals surface area (Å²) < 4.78 is 45.5. The molecule has 0 atom stereocenters. The normalized spacial score (nSPS) is 15.5. The van der Waals surface area contributed by atoms with Gasteiger partial charge in [-0.1, -0.05) is 18.2 Å². The number of nitrogens with one attached hydrogen (secondary N) is 1. The Morgan fingerprint density at radius 3 is 2.63 bits per heavy atom. The second kappa shape index (κ2) is 8.16. The van der Waals surface area contributed by atoms with Gasteiger partial charge in [-0.05, 0) is 42.3 Å². The van der Waals surface area contributed by atoms with Gasteiger partial charge in [-0.15, -0.1) is 0 Å². The Morgan fingerprint density at radius 1 is 1.19 bits per heavy atom. The lowest BCUT2D eigenvalue weighted by Gasteiger charge is -2.26. The SMILES string of the molecule is Cc1ccc(CNC(=O)c2cccc(S(=O)(=O)N3CCOCC3)c2)cc1F. The molecule has 1 aliphatic rings. The second-order valence-electron chi connectivity index (χ2n) is 6.31. The summed E-state index contributed by atoms with van der Waals surface area (Å²) >= 11 is 0. The van der Waals surface area contributed by atoms with Crippen molar-refractivity contribution in [3.8, 4) is 0 Å². The number of rotatable bonds is 5. The third kappa shape index (κ3) is 4.52. The van der Waals surface area contributed by atoms with Crippen molar-refractivity contribution in [3.63, 3.8) is 0 Å². The van der Waals surface area contributed by atoms with Crippen LogP contribution in [0.15, 0.2) is 47.4 Å². The maximum atomic E-state index is 13.6. The number of ether oxygens (including phenoxy) is 1. The number of aryl methyl sites for hydroxylation is 1. The van der Waals surface area contributed by atoms with Crippen molar-refractivity contribution in [2.75, 3.05) is 26.3 Å². The Bertz CT molecular complexity index is 940. The monoisotopic (exact) mass is 392 g/mol. The number of halogens is 1. The molecule has 6 nitrogen and oxygen atoms in total. The number of carbonyl (C=O) groups is 1. The van der Waals surface area contributed by atoms with E-state index in [9.17, 15) is 17.6 Å². The molecule has 0 bridgehead atoms. The van der Waals surface area contributed by atoms with Gasteiger partial charge in [0, 0.05) is 25.2 Å². The topological polar surface area (TPSA) is 75.7 Å². The molecule has 0 aromatic heterocycles. The van der Waals surface area contributed by atoms with Crippen LogP contribution in [0.3, 0.4) is 0 Å². The number of hydrogen-bond donors (Lipinski definition) is 1. The molecule has 1 N–H and O–H groups in total. The predicted octanol–water partition coefficient (Wildman–Crippen LogP) is 2.09. The highest BCUT2D eigenvalue weighted by molar-refractivity contribution is 7.89. The summed E-state index contributed by atoms with van der Waals surface area (Å²) in [6.45, 7) is 3.10. The van der Waals surface area contributed by atoms with Gasteiger partial charge in [-0.2, -0.15) is 4.31 Å². The fourth-order valence-electron chi connectivity index (χ4n) is 2.76. The summed E-state index contributed by atoms with van der Waals surface area (Å²) in [4.78, 5) is 12.5. The third-order valence-corrected chi connectivity index (χ3v) is 6.29. The van der Waals surface area contributed by atoms with Crippen molar-refractivity contribution in [1.29, 1.82) is 0 Å². The first kappa shape index (κ1) is 19.5. The number of carbonyl (C=O) groups excluding carboxylic acids is 1. The van der Waals surface area contributed by atoms with Crippen LogP contribution in [-0.2, 0) is 21.3 Å². The van der Waals surface area contributed by atoms with Gasteiger partial charge < -0.3 is 10.1 Å². The molecule has 0 aliphatic carbocycles. The fraction of sp³-hybridized carbons (Fsp3) is 0.316. The van der Waals surface area contributed by atoms with Crippen LogP contribution in [0.25, 0.3) is 0 Å². The summed E-state index contributed by atoms with van der Waals surface area (Å²) in [6.07, 6.45) is 0. The lowest BCUT2D eigenvalue weighted by atomic mass is 10.1. The summed E-state index contributed by atoms with van der Waals surface area (Å²) in [5.74, 6) is -0.754. The zero-order chi connectivity index (χ0) is 19.4. The van der Waals surface area contributed by atoms with Gasteiger partial charge in [-0.25, -0.2) is 12.8 Å². The van der Waals surface area contributed by atoms with E-state index in [2.05, 4.69) is 5.32 Å². The van der Waals surface area contributed by atoms with Crippen LogP contribution in [0.4, 0.5) is 4.39 Å². The first-order valence-electron chi connectivity index (χ1n) is 8.59. The maximum absolute atomic E-state index is 13.6. The van der Waals surface area contributed by atoms with E-state index in [4.69, 9.17) is 4.74 Å². The molecule has 0 spiro atoms. The predicted molar refractivity (Wildman–Crippen MR) is 98.3 cm³/mol. The fourth-order valence-corrected chi connectivity index (χ4v) is 4.22. The number of morpholine rings is 1. The molecule has 2 aromatic carbocycles. The van der Waals surface area contributed by atoms with Gasteiger partial charge in [0.15, 0.2) is 0 Å². The van der Waals surface area contributed by atoms with E-state index in [1.54, 1.807) is 25.1 Å². The van der Waals surface area contributed by atoms with Crippen LogP contribution in [0.2, 0.25) is 0 Å². The molecule has 0 unspecified atom stereocenters. The summed E-state index contributed by atoms with van der Waals surface area (Å²) in [7, 11) is -3.67. The lowest BCUT2D eigenvalue weighted by Crippen LogP contribution is -2.40. The molecular formula is C19H21FN2O4S. The molecule has 1 heterocycles. The Hall–Kier alpha value is -2.29. The minimum Gasteiger partial charge on any atom is -0.379 e. The summed E-state index contributed by atoms with van der Waals surface area (Å²) in [5.41, 5.74) is 1.39. The zero-order valence-corrected chi connectivity index (χ0v) is 15.8. The minimum atomic E-state index is -3.67. The van der Waals surface area contributed by atoms with E-state index in [-0.39, 0.29) is 35.9 Å². The number of nitrogens with zero attached hydrogens (tertiary/aromatic N) is 1. The largest absolute Gasteiger partial charge is 0.379 e. The maximum Gasteiger partial charge on any atom is 0.251 e. The molecule has 3 rings (SSSR count). The first-order chi connectivity index (χ1) is 12.9. The van der Waals surface area contributed by atoms with Crippen LogP contribution < -0.4 is 5.32 Å². The molecule has 1 amide bonds. The van der Waals surface area contributed by atoms with Crippen molar-refractivity contribution < 1.29 is 22.3 Å². The van der Waals surface area contributed by atoms with E-state index < -0.39 is 15.9 Å².